The van der Waals surface area contributed by atoms with Gasteiger partial charge in [-0.3, -0.25) is 9.59 Å². The Kier molecular flexibility index (Phi) is 6.09. The lowest BCUT2D eigenvalue weighted by Crippen LogP contribution is -2.36. The standard InChI is InChI=1S/C19H22N2O3/c1-13-7-14(2)9-17(8-13)19(24)21-11-18(23)20-10-15-5-3-4-6-16(15)12-22/h3-9,22H,10-12H2,1-2H3,(H,20,23)(H,21,24). The molecule has 0 atom stereocenters. The van der Waals surface area contributed by atoms with Crippen LogP contribution in [0.15, 0.2) is 42.5 Å². The van der Waals surface area contributed by atoms with Gasteiger partial charge in [0.2, 0.25) is 5.91 Å². The average molecular weight is 326 g/mol. The lowest BCUT2D eigenvalue weighted by atomic mass is 10.1. The summed E-state index contributed by atoms with van der Waals surface area (Å²) in [4.78, 5) is 24.0. The molecule has 0 radical (unpaired) electrons. The molecule has 0 aliphatic rings. The number of aliphatic hydroxyl groups excluding tert-OH is 1. The molecule has 0 spiro atoms. The van der Waals surface area contributed by atoms with Gasteiger partial charge in [0.05, 0.1) is 13.2 Å². The van der Waals surface area contributed by atoms with Gasteiger partial charge in [0.15, 0.2) is 0 Å². The second-order valence-corrected chi connectivity index (χ2v) is 5.76. The maximum atomic E-state index is 12.1. The predicted molar refractivity (Wildman–Crippen MR) is 92.5 cm³/mol. The van der Waals surface area contributed by atoms with Crippen LogP contribution in [0.5, 0.6) is 0 Å². The lowest BCUT2D eigenvalue weighted by Gasteiger charge is -2.10. The van der Waals surface area contributed by atoms with Gasteiger partial charge in [-0.15, -0.1) is 0 Å². The minimum Gasteiger partial charge on any atom is -0.392 e. The number of hydrogen-bond donors (Lipinski definition) is 3. The molecule has 0 saturated heterocycles. The van der Waals surface area contributed by atoms with Crippen molar-refractivity contribution in [3.05, 3.63) is 70.3 Å². The second-order valence-electron chi connectivity index (χ2n) is 5.76. The van der Waals surface area contributed by atoms with Crippen molar-refractivity contribution < 1.29 is 14.7 Å². The van der Waals surface area contributed by atoms with Gasteiger partial charge < -0.3 is 15.7 Å². The first-order valence-electron chi connectivity index (χ1n) is 7.80. The van der Waals surface area contributed by atoms with Crippen molar-refractivity contribution in [1.82, 2.24) is 10.6 Å². The Morgan fingerprint density at radius 2 is 1.58 bits per heavy atom. The summed E-state index contributed by atoms with van der Waals surface area (Å²) in [5.41, 5.74) is 4.19. The smallest absolute Gasteiger partial charge is 0.251 e. The Hall–Kier alpha value is -2.66. The maximum absolute atomic E-state index is 12.1. The zero-order valence-electron chi connectivity index (χ0n) is 13.9. The Morgan fingerprint density at radius 3 is 2.21 bits per heavy atom. The molecule has 2 amide bonds. The molecule has 2 aromatic carbocycles. The second kappa shape index (κ2) is 8.26. The van der Waals surface area contributed by atoms with E-state index < -0.39 is 0 Å². The molecule has 0 aliphatic carbocycles. The Labute approximate surface area is 141 Å². The molecule has 5 heteroatoms. The van der Waals surface area contributed by atoms with Crippen molar-refractivity contribution in [2.24, 2.45) is 0 Å². The lowest BCUT2D eigenvalue weighted by molar-refractivity contribution is -0.120. The summed E-state index contributed by atoms with van der Waals surface area (Å²) in [5.74, 6) is -0.548. The van der Waals surface area contributed by atoms with Crippen molar-refractivity contribution >= 4 is 11.8 Å². The van der Waals surface area contributed by atoms with Crippen LogP contribution in [0.1, 0.15) is 32.6 Å². The van der Waals surface area contributed by atoms with Crippen LogP contribution in [-0.4, -0.2) is 23.5 Å². The molecule has 2 aromatic rings. The minimum absolute atomic E-state index is 0.0739. The van der Waals surface area contributed by atoms with Crippen LogP contribution < -0.4 is 10.6 Å². The number of carbonyl (C=O) groups excluding carboxylic acids is 2. The number of hydrogen-bond acceptors (Lipinski definition) is 3. The number of benzene rings is 2. The fraction of sp³-hybridized carbons (Fsp3) is 0.263. The third-order valence-corrected chi connectivity index (χ3v) is 3.66. The van der Waals surface area contributed by atoms with Gasteiger partial charge in [0.1, 0.15) is 0 Å². The minimum atomic E-state index is -0.277. The average Bonchev–Trinajstić information content (AvgIpc) is 2.57. The molecule has 0 bridgehead atoms. The molecular formula is C19H22N2O3. The van der Waals surface area contributed by atoms with Crippen molar-refractivity contribution in [1.29, 1.82) is 0 Å². The van der Waals surface area contributed by atoms with Gasteiger partial charge in [-0.2, -0.15) is 0 Å². The Bertz CT molecular complexity index is 721. The number of amides is 2. The zero-order valence-corrected chi connectivity index (χ0v) is 13.9. The van der Waals surface area contributed by atoms with E-state index >= 15 is 0 Å². The number of carbonyl (C=O) groups is 2. The monoisotopic (exact) mass is 326 g/mol. The summed E-state index contributed by atoms with van der Waals surface area (Å²) >= 11 is 0. The van der Waals surface area contributed by atoms with Crippen LogP contribution in [-0.2, 0) is 17.9 Å². The van der Waals surface area contributed by atoms with E-state index in [0.29, 0.717) is 12.1 Å². The highest BCUT2D eigenvalue weighted by atomic mass is 16.3. The molecule has 5 nitrogen and oxygen atoms in total. The third-order valence-electron chi connectivity index (χ3n) is 3.66. The number of nitrogens with one attached hydrogen (secondary N) is 2. The number of aryl methyl sites for hydroxylation is 2. The molecule has 3 N–H and O–H groups in total. The van der Waals surface area contributed by atoms with Crippen molar-refractivity contribution in [3.63, 3.8) is 0 Å². The van der Waals surface area contributed by atoms with Crippen molar-refractivity contribution in [3.8, 4) is 0 Å². The predicted octanol–water partition coefficient (Wildman–Crippen LogP) is 1.84. The van der Waals surface area contributed by atoms with E-state index in [1.807, 2.05) is 44.2 Å². The van der Waals surface area contributed by atoms with Crippen LogP contribution in [0.4, 0.5) is 0 Å². The summed E-state index contributed by atoms with van der Waals surface area (Å²) in [6.07, 6.45) is 0. The van der Waals surface area contributed by atoms with Crippen LogP contribution in [0.2, 0.25) is 0 Å². The van der Waals surface area contributed by atoms with E-state index in [2.05, 4.69) is 10.6 Å². The molecule has 0 aromatic heterocycles. The third kappa shape index (κ3) is 4.93. The highest BCUT2D eigenvalue weighted by molar-refractivity contribution is 5.96. The first-order chi connectivity index (χ1) is 11.5. The van der Waals surface area contributed by atoms with Gasteiger partial charge in [0.25, 0.3) is 5.91 Å². The first kappa shape index (κ1) is 17.7. The van der Waals surface area contributed by atoms with Crippen LogP contribution in [0.25, 0.3) is 0 Å². The van der Waals surface area contributed by atoms with E-state index in [1.54, 1.807) is 12.1 Å². The summed E-state index contributed by atoms with van der Waals surface area (Å²) < 4.78 is 0. The van der Waals surface area contributed by atoms with Crippen LogP contribution in [0, 0.1) is 13.8 Å². The quantitative estimate of drug-likeness (QED) is 0.758. The summed E-state index contributed by atoms with van der Waals surface area (Å²) in [6.45, 7) is 4.00. The Morgan fingerprint density at radius 1 is 0.958 bits per heavy atom. The first-order valence-corrected chi connectivity index (χ1v) is 7.80. The van der Waals surface area contributed by atoms with Gasteiger partial charge >= 0.3 is 0 Å². The van der Waals surface area contributed by atoms with E-state index in [1.165, 1.54) is 0 Å². The summed E-state index contributed by atoms with van der Waals surface area (Å²) in [5, 5.41) is 14.6. The molecule has 24 heavy (non-hydrogen) atoms. The van der Waals surface area contributed by atoms with Crippen molar-refractivity contribution in [2.75, 3.05) is 6.54 Å². The normalized spacial score (nSPS) is 10.3. The molecule has 0 unspecified atom stereocenters. The molecule has 0 aliphatic heterocycles. The van der Waals surface area contributed by atoms with E-state index in [0.717, 1.165) is 22.3 Å². The summed E-state index contributed by atoms with van der Waals surface area (Å²) in [7, 11) is 0. The molecule has 0 heterocycles. The van der Waals surface area contributed by atoms with Crippen LogP contribution in [0.3, 0.4) is 0 Å². The Balaban J connectivity index is 1.85. The van der Waals surface area contributed by atoms with E-state index in [9.17, 15) is 14.7 Å². The fourth-order valence-corrected chi connectivity index (χ4v) is 2.51. The largest absolute Gasteiger partial charge is 0.392 e. The molecule has 0 saturated carbocycles. The molecule has 126 valence electrons. The van der Waals surface area contributed by atoms with Gasteiger partial charge in [-0.25, -0.2) is 0 Å². The molecule has 2 rings (SSSR count). The van der Waals surface area contributed by atoms with Gasteiger partial charge in [0, 0.05) is 12.1 Å². The fourth-order valence-electron chi connectivity index (χ4n) is 2.51. The van der Waals surface area contributed by atoms with Gasteiger partial charge in [-0.1, -0.05) is 41.5 Å². The van der Waals surface area contributed by atoms with Crippen molar-refractivity contribution in [2.45, 2.75) is 27.0 Å². The van der Waals surface area contributed by atoms with E-state index in [-0.39, 0.29) is 25.0 Å². The topological polar surface area (TPSA) is 78.4 Å². The molecule has 0 fully saturated rings. The highest BCUT2D eigenvalue weighted by Gasteiger charge is 2.09. The zero-order chi connectivity index (χ0) is 17.5. The highest BCUT2D eigenvalue weighted by Crippen LogP contribution is 2.09. The van der Waals surface area contributed by atoms with E-state index in [4.69, 9.17) is 0 Å². The SMILES string of the molecule is Cc1cc(C)cc(C(=O)NCC(=O)NCc2ccccc2CO)c1. The molecular weight excluding hydrogens is 304 g/mol. The maximum Gasteiger partial charge on any atom is 0.251 e. The number of aliphatic hydroxyl groups is 1. The van der Waals surface area contributed by atoms with Gasteiger partial charge in [-0.05, 0) is 37.1 Å². The number of rotatable bonds is 6. The van der Waals surface area contributed by atoms with Crippen LogP contribution >= 0.6 is 0 Å². The summed E-state index contributed by atoms with van der Waals surface area (Å²) in [6, 6.07) is 12.9.